The van der Waals surface area contributed by atoms with Gasteiger partial charge >= 0.3 is 0 Å². The van der Waals surface area contributed by atoms with Gasteiger partial charge in [0.15, 0.2) is 0 Å². The molecule has 23 heavy (non-hydrogen) atoms. The first-order chi connectivity index (χ1) is 11.1. The Bertz CT molecular complexity index is 564. The maximum Gasteiger partial charge on any atom is 0.271 e. The van der Waals surface area contributed by atoms with Gasteiger partial charge in [0.1, 0.15) is 0 Å². The summed E-state index contributed by atoms with van der Waals surface area (Å²) in [5.74, 6) is 0. The first kappa shape index (κ1) is 16.5. The number of aryl methyl sites for hydroxylation is 1. The van der Waals surface area contributed by atoms with Gasteiger partial charge in [-0.2, -0.15) is 0 Å². The first-order valence-corrected chi connectivity index (χ1v) is 8.87. The topological polar surface area (TPSA) is 49.6 Å². The second-order valence-electron chi connectivity index (χ2n) is 6.67. The van der Waals surface area contributed by atoms with Crippen molar-refractivity contribution in [1.82, 2.24) is 4.90 Å². The highest BCUT2D eigenvalue weighted by Gasteiger charge is 2.26. The summed E-state index contributed by atoms with van der Waals surface area (Å²) >= 11 is 6.37. The zero-order valence-corrected chi connectivity index (χ0v) is 14.4. The lowest BCUT2D eigenvalue weighted by Crippen LogP contribution is -2.34. The lowest BCUT2D eigenvalue weighted by atomic mass is 10.1. The van der Waals surface area contributed by atoms with E-state index in [1.54, 1.807) is 6.07 Å². The maximum atomic E-state index is 11.0. The van der Waals surface area contributed by atoms with Crippen LogP contribution < -0.4 is 4.90 Å². The predicted octanol–water partition coefficient (Wildman–Crippen LogP) is 4.01. The average molecular weight is 338 g/mol. The fourth-order valence-electron chi connectivity index (χ4n) is 4.00. The van der Waals surface area contributed by atoms with Crippen molar-refractivity contribution >= 4 is 23.0 Å². The van der Waals surface area contributed by atoms with E-state index in [2.05, 4.69) is 9.80 Å². The van der Waals surface area contributed by atoms with Gasteiger partial charge in [-0.3, -0.25) is 10.1 Å². The normalized spacial score (nSPS) is 23.0. The molecule has 2 heterocycles. The fourth-order valence-corrected chi connectivity index (χ4v) is 4.38. The van der Waals surface area contributed by atoms with Crippen molar-refractivity contribution in [2.24, 2.45) is 0 Å². The highest BCUT2D eigenvalue weighted by Crippen LogP contribution is 2.35. The summed E-state index contributed by atoms with van der Waals surface area (Å²) in [4.78, 5) is 15.5. The molecule has 0 radical (unpaired) electrons. The van der Waals surface area contributed by atoms with E-state index in [0.717, 1.165) is 37.2 Å². The summed E-state index contributed by atoms with van der Waals surface area (Å²) in [6, 6.07) is 3.79. The first-order valence-electron chi connectivity index (χ1n) is 8.50. The third kappa shape index (κ3) is 3.61. The molecule has 0 amide bonds. The average Bonchev–Trinajstić information content (AvgIpc) is 2.93. The van der Waals surface area contributed by atoms with E-state index in [1.807, 2.05) is 6.92 Å². The van der Waals surface area contributed by atoms with Crippen LogP contribution in [0.25, 0.3) is 0 Å². The van der Waals surface area contributed by atoms with Gasteiger partial charge < -0.3 is 9.80 Å². The summed E-state index contributed by atoms with van der Waals surface area (Å²) < 4.78 is 0. The molecule has 1 atom stereocenters. The Hall–Kier alpha value is -1.33. The Morgan fingerprint density at radius 1 is 1.13 bits per heavy atom. The molecule has 2 aliphatic rings. The van der Waals surface area contributed by atoms with Crippen LogP contribution in [-0.4, -0.2) is 42.0 Å². The van der Waals surface area contributed by atoms with Gasteiger partial charge in [-0.15, -0.1) is 0 Å². The zero-order chi connectivity index (χ0) is 16.4. The molecule has 0 saturated carbocycles. The lowest BCUT2D eigenvalue weighted by Gasteiger charge is -2.28. The number of nitrogens with zero attached hydrogens (tertiary/aromatic N) is 3. The van der Waals surface area contributed by atoms with E-state index in [0.29, 0.717) is 11.1 Å². The molecule has 3 rings (SSSR count). The van der Waals surface area contributed by atoms with E-state index in [4.69, 9.17) is 11.6 Å². The SMILES string of the molecule is Cc1cc([N+](=O)[O-])cc(Cl)c1N1CCCC(N2CCCC2)CC1. The van der Waals surface area contributed by atoms with Crippen LogP contribution in [0.5, 0.6) is 0 Å². The van der Waals surface area contributed by atoms with Crippen molar-refractivity contribution in [3.05, 3.63) is 32.8 Å². The van der Waals surface area contributed by atoms with Crippen LogP contribution in [0.3, 0.4) is 0 Å². The number of hydrogen-bond donors (Lipinski definition) is 0. The van der Waals surface area contributed by atoms with Crippen molar-refractivity contribution in [1.29, 1.82) is 0 Å². The van der Waals surface area contributed by atoms with Crippen molar-refractivity contribution in [3.63, 3.8) is 0 Å². The van der Waals surface area contributed by atoms with Crippen LogP contribution in [0, 0.1) is 17.0 Å². The number of nitro benzene ring substituents is 1. The Morgan fingerprint density at radius 3 is 2.52 bits per heavy atom. The molecule has 0 spiro atoms. The smallest absolute Gasteiger partial charge is 0.271 e. The quantitative estimate of drug-likeness (QED) is 0.617. The molecule has 1 aromatic rings. The zero-order valence-electron chi connectivity index (χ0n) is 13.6. The number of halogens is 1. The molecule has 2 fully saturated rings. The second kappa shape index (κ2) is 7.05. The van der Waals surface area contributed by atoms with Gasteiger partial charge in [0.05, 0.1) is 15.6 Å². The van der Waals surface area contributed by atoms with Crippen molar-refractivity contribution < 1.29 is 4.92 Å². The van der Waals surface area contributed by atoms with E-state index in [1.165, 1.54) is 38.4 Å². The number of benzene rings is 1. The summed E-state index contributed by atoms with van der Waals surface area (Å²) in [5, 5.41) is 11.5. The maximum absolute atomic E-state index is 11.0. The molecule has 5 nitrogen and oxygen atoms in total. The minimum atomic E-state index is -0.380. The van der Waals surface area contributed by atoms with E-state index < -0.39 is 0 Å². The van der Waals surface area contributed by atoms with Crippen molar-refractivity contribution in [3.8, 4) is 0 Å². The highest BCUT2D eigenvalue weighted by molar-refractivity contribution is 6.33. The molecule has 0 aromatic heterocycles. The van der Waals surface area contributed by atoms with Crippen LogP contribution in [-0.2, 0) is 0 Å². The molecule has 6 heteroatoms. The molecule has 0 aliphatic carbocycles. The minimum absolute atomic E-state index is 0.0704. The standard InChI is InChI=1S/C17H24ClN3O2/c1-13-11-15(21(22)23)12-16(18)17(13)20-9-4-5-14(6-10-20)19-7-2-3-8-19/h11-12,14H,2-10H2,1H3. The minimum Gasteiger partial charge on any atom is -0.370 e. The molecule has 0 bridgehead atoms. The second-order valence-corrected chi connectivity index (χ2v) is 7.07. The summed E-state index contributed by atoms with van der Waals surface area (Å²) in [7, 11) is 0. The van der Waals surface area contributed by atoms with E-state index in [9.17, 15) is 10.1 Å². The summed E-state index contributed by atoms with van der Waals surface area (Å²) in [6.45, 7) is 6.34. The Labute approximate surface area is 142 Å². The Morgan fingerprint density at radius 2 is 1.87 bits per heavy atom. The molecule has 126 valence electrons. The monoisotopic (exact) mass is 337 g/mol. The van der Waals surface area contributed by atoms with Crippen LogP contribution in [0.1, 0.15) is 37.7 Å². The third-order valence-electron chi connectivity index (χ3n) is 5.12. The number of nitro groups is 1. The number of anilines is 1. The number of likely N-dealkylation sites (tertiary alicyclic amines) is 1. The van der Waals surface area contributed by atoms with Crippen molar-refractivity contribution in [2.45, 2.75) is 45.1 Å². The molecule has 0 N–H and O–H groups in total. The van der Waals surface area contributed by atoms with E-state index >= 15 is 0 Å². The molecule has 2 aliphatic heterocycles. The molecule has 1 aromatic carbocycles. The summed E-state index contributed by atoms with van der Waals surface area (Å²) in [5.41, 5.74) is 1.93. The largest absolute Gasteiger partial charge is 0.370 e. The van der Waals surface area contributed by atoms with Crippen LogP contribution in [0.2, 0.25) is 5.02 Å². The van der Waals surface area contributed by atoms with Gasteiger partial charge in [0, 0.05) is 31.3 Å². The van der Waals surface area contributed by atoms with Gasteiger partial charge in [-0.25, -0.2) is 0 Å². The number of non-ortho nitro benzene ring substituents is 1. The van der Waals surface area contributed by atoms with Gasteiger partial charge in [0.2, 0.25) is 0 Å². The lowest BCUT2D eigenvalue weighted by molar-refractivity contribution is -0.384. The third-order valence-corrected chi connectivity index (χ3v) is 5.41. The van der Waals surface area contributed by atoms with Crippen LogP contribution in [0.4, 0.5) is 11.4 Å². The molecular weight excluding hydrogens is 314 g/mol. The number of rotatable bonds is 3. The fraction of sp³-hybridized carbons (Fsp3) is 0.647. The highest BCUT2D eigenvalue weighted by atomic mass is 35.5. The Balaban J connectivity index is 1.75. The van der Waals surface area contributed by atoms with Gasteiger partial charge in [-0.05, 0) is 57.7 Å². The molecular formula is C17H24ClN3O2. The summed E-state index contributed by atoms with van der Waals surface area (Å²) in [6.07, 6.45) is 6.18. The molecule has 1 unspecified atom stereocenters. The van der Waals surface area contributed by atoms with Gasteiger partial charge in [-0.1, -0.05) is 11.6 Å². The molecule has 2 saturated heterocycles. The number of hydrogen-bond acceptors (Lipinski definition) is 4. The predicted molar refractivity (Wildman–Crippen MR) is 93.5 cm³/mol. The van der Waals surface area contributed by atoms with Crippen molar-refractivity contribution in [2.75, 3.05) is 31.1 Å². The van der Waals surface area contributed by atoms with Crippen LogP contribution >= 0.6 is 11.6 Å². The Kier molecular flexibility index (Phi) is 5.07. The van der Waals surface area contributed by atoms with E-state index in [-0.39, 0.29) is 10.6 Å². The van der Waals surface area contributed by atoms with Crippen LogP contribution in [0.15, 0.2) is 12.1 Å². The van der Waals surface area contributed by atoms with Gasteiger partial charge in [0.25, 0.3) is 5.69 Å².